The smallest absolute Gasteiger partial charge is 0.259 e. The van der Waals surface area contributed by atoms with Gasteiger partial charge in [0, 0.05) is 28.5 Å². The van der Waals surface area contributed by atoms with E-state index in [4.69, 9.17) is 0 Å². The predicted octanol–water partition coefficient (Wildman–Crippen LogP) is 3.40. The van der Waals surface area contributed by atoms with Crippen LogP contribution >= 0.6 is 11.3 Å². The van der Waals surface area contributed by atoms with E-state index in [2.05, 4.69) is 20.5 Å². The number of amides is 1. The lowest BCUT2D eigenvalue weighted by Crippen LogP contribution is -2.13. The van der Waals surface area contributed by atoms with Gasteiger partial charge in [-0.05, 0) is 38.1 Å². The number of benzene rings is 1. The van der Waals surface area contributed by atoms with E-state index in [0.717, 1.165) is 22.0 Å². The van der Waals surface area contributed by atoms with Crippen LogP contribution in [-0.4, -0.2) is 21.1 Å². The maximum absolute atomic E-state index is 12.2. The third kappa shape index (κ3) is 2.71. The van der Waals surface area contributed by atoms with Crippen molar-refractivity contribution in [1.82, 2.24) is 15.2 Å². The van der Waals surface area contributed by atoms with E-state index in [1.165, 1.54) is 0 Å². The summed E-state index contributed by atoms with van der Waals surface area (Å²) in [6.45, 7) is 3.64. The van der Waals surface area contributed by atoms with E-state index in [1.54, 1.807) is 17.5 Å². The molecule has 2 heterocycles. The summed E-state index contributed by atoms with van der Waals surface area (Å²) < 4.78 is 0. The van der Waals surface area contributed by atoms with Crippen LogP contribution < -0.4 is 5.32 Å². The maximum Gasteiger partial charge on any atom is 0.259 e. The summed E-state index contributed by atoms with van der Waals surface area (Å²) in [5.41, 5.74) is 3.85. The SMILES string of the molecule is Cc1n[nH]c(C)c1C(=O)Nc1ccc(-c2nccs2)cc1. The molecule has 0 bridgehead atoms. The normalized spacial score (nSPS) is 10.6. The fourth-order valence-electron chi connectivity index (χ4n) is 2.14. The molecule has 0 aliphatic heterocycles. The van der Waals surface area contributed by atoms with Gasteiger partial charge in [0.1, 0.15) is 5.01 Å². The van der Waals surface area contributed by atoms with E-state index in [9.17, 15) is 4.79 Å². The van der Waals surface area contributed by atoms with Crippen molar-refractivity contribution in [3.8, 4) is 10.6 Å². The highest BCUT2D eigenvalue weighted by Gasteiger charge is 2.15. The second-order valence-corrected chi connectivity index (χ2v) is 5.57. The number of nitrogens with zero attached hydrogens (tertiary/aromatic N) is 2. The number of rotatable bonds is 3. The van der Waals surface area contributed by atoms with Gasteiger partial charge in [-0.3, -0.25) is 9.89 Å². The zero-order valence-corrected chi connectivity index (χ0v) is 12.5. The average molecular weight is 298 g/mol. The summed E-state index contributed by atoms with van der Waals surface area (Å²) in [7, 11) is 0. The Kier molecular flexibility index (Phi) is 3.53. The highest BCUT2D eigenvalue weighted by Crippen LogP contribution is 2.23. The number of aromatic amines is 1. The van der Waals surface area contributed by atoms with Crippen molar-refractivity contribution >= 4 is 22.9 Å². The van der Waals surface area contributed by atoms with Gasteiger partial charge in [-0.1, -0.05) is 0 Å². The highest BCUT2D eigenvalue weighted by molar-refractivity contribution is 7.13. The molecular weight excluding hydrogens is 284 g/mol. The molecule has 106 valence electrons. The second-order valence-electron chi connectivity index (χ2n) is 4.68. The molecule has 3 aromatic rings. The summed E-state index contributed by atoms with van der Waals surface area (Å²) >= 11 is 1.59. The summed E-state index contributed by atoms with van der Waals surface area (Å²) in [6, 6.07) is 7.64. The zero-order chi connectivity index (χ0) is 14.8. The minimum Gasteiger partial charge on any atom is -0.322 e. The molecule has 0 fully saturated rings. The standard InChI is InChI=1S/C15H14N4OS/c1-9-13(10(2)19-18-9)14(20)17-12-5-3-11(4-6-12)15-16-7-8-21-15/h3-8H,1-2H3,(H,17,20)(H,18,19). The fraction of sp³-hybridized carbons (Fsp3) is 0.133. The van der Waals surface area contributed by atoms with Crippen LogP contribution in [0.1, 0.15) is 21.7 Å². The summed E-state index contributed by atoms with van der Waals surface area (Å²) in [5.74, 6) is -0.152. The van der Waals surface area contributed by atoms with Gasteiger partial charge in [-0.2, -0.15) is 5.10 Å². The Morgan fingerprint density at radius 3 is 2.57 bits per heavy atom. The first-order valence-corrected chi connectivity index (χ1v) is 7.36. The predicted molar refractivity (Wildman–Crippen MR) is 83.6 cm³/mol. The number of thiazole rings is 1. The number of hydrogen-bond acceptors (Lipinski definition) is 4. The van der Waals surface area contributed by atoms with Crippen LogP contribution in [0, 0.1) is 13.8 Å². The number of anilines is 1. The Balaban J connectivity index is 1.78. The van der Waals surface area contributed by atoms with Crippen LogP contribution in [-0.2, 0) is 0 Å². The monoisotopic (exact) mass is 298 g/mol. The minimum absolute atomic E-state index is 0.152. The molecule has 3 rings (SSSR count). The quantitative estimate of drug-likeness (QED) is 0.778. The molecule has 6 heteroatoms. The van der Waals surface area contributed by atoms with Gasteiger partial charge >= 0.3 is 0 Å². The van der Waals surface area contributed by atoms with E-state index < -0.39 is 0 Å². The van der Waals surface area contributed by atoms with Gasteiger partial charge in [0.2, 0.25) is 0 Å². The van der Waals surface area contributed by atoms with Crippen molar-refractivity contribution in [3.63, 3.8) is 0 Å². The van der Waals surface area contributed by atoms with Crippen LogP contribution in [0.5, 0.6) is 0 Å². The lowest BCUT2D eigenvalue weighted by atomic mass is 10.1. The first-order chi connectivity index (χ1) is 10.1. The van der Waals surface area contributed by atoms with Gasteiger partial charge in [-0.25, -0.2) is 4.98 Å². The molecule has 1 aromatic carbocycles. The molecule has 21 heavy (non-hydrogen) atoms. The molecule has 1 amide bonds. The molecule has 0 unspecified atom stereocenters. The fourth-order valence-corrected chi connectivity index (χ4v) is 2.79. The number of carbonyl (C=O) groups excluding carboxylic acids is 1. The molecule has 0 saturated heterocycles. The van der Waals surface area contributed by atoms with Crippen LogP contribution in [0.2, 0.25) is 0 Å². The van der Waals surface area contributed by atoms with Gasteiger partial charge in [0.15, 0.2) is 0 Å². The number of nitrogens with one attached hydrogen (secondary N) is 2. The van der Waals surface area contributed by atoms with Crippen LogP contribution in [0.25, 0.3) is 10.6 Å². The highest BCUT2D eigenvalue weighted by atomic mass is 32.1. The van der Waals surface area contributed by atoms with Crippen LogP contribution in [0.4, 0.5) is 5.69 Å². The number of aromatic nitrogens is 3. The second kappa shape index (κ2) is 5.49. The molecule has 0 atom stereocenters. The maximum atomic E-state index is 12.2. The molecule has 5 nitrogen and oxygen atoms in total. The van der Waals surface area contributed by atoms with Gasteiger partial charge in [-0.15, -0.1) is 11.3 Å². The van der Waals surface area contributed by atoms with Crippen molar-refractivity contribution in [3.05, 3.63) is 52.8 Å². The summed E-state index contributed by atoms with van der Waals surface area (Å²) in [6.07, 6.45) is 1.78. The Bertz CT molecular complexity index is 740. The lowest BCUT2D eigenvalue weighted by molar-refractivity contribution is 0.102. The third-order valence-electron chi connectivity index (χ3n) is 3.18. The zero-order valence-electron chi connectivity index (χ0n) is 11.7. The molecule has 0 saturated carbocycles. The topological polar surface area (TPSA) is 70.7 Å². The largest absolute Gasteiger partial charge is 0.322 e. The van der Waals surface area contributed by atoms with E-state index in [1.807, 2.05) is 43.5 Å². The van der Waals surface area contributed by atoms with Crippen molar-refractivity contribution in [2.75, 3.05) is 5.32 Å². The molecule has 0 aliphatic rings. The first kappa shape index (κ1) is 13.5. The van der Waals surface area contributed by atoms with Crippen molar-refractivity contribution in [2.24, 2.45) is 0 Å². The Morgan fingerprint density at radius 2 is 2.00 bits per heavy atom. The molecule has 2 aromatic heterocycles. The molecular formula is C15H14N4OS. The van der Waals surface area contributed by atoms with Crippen molar-refractivity contribution in [2.45, 2.75) is 13.8 Å². The Labute approximate surface area is 126 Å². The number of H-pyrrole nitrogens is 1. The number of hydrogen-bond donors (Lipinski definition) is 2. The molecule has 2 N–H and O–H groups in total. The summed E-state index contributed by atoms with van der Waals surface area (Å²) in [5, 5.41) is 12.6. The van der Waals surface area contributed by atoms with Gasteiger partial charge < -0.3 is 5.32 Å². The molecule has 0 spiro atoms. The molecule has 0 aliphatic carbocycles. The van der Waals surface area contributed by atoms with Crippen molar-refractivity contribution in [1.29, 1.82) is 0 Å². The van der Waals surface area contributed by atoms with Crippen LogP contribution in [0.3, 0.4) is 0 Å². The minimum atomic E-state index is -0.152. The Hall–Kier alpha value is -2.47. The third-order valence-corrected chi connectivity index (χ3v) is 4.00. The van der Waals surface area contributed by atoms with Crippen LogP contribution in [0.15, 0.2) is 35.8 Å². The average Bonchev–Trinajstić information content (AvgIpc) is 3.10. The lowest BCUT2D eigenvalue weighted by Gasteiger charge is -2.06. The van der Waals surface area contributed by atoms with E-state index in [0.29, 0.717) is 11.3 Å². The number of carbonyl (C=O) groups is 1. The first-order valence-electron chi connectivity index (χ1n) is 6.48. The van der Waals surface area contributed by atoms with Gasteiger partial charge in [0.25, 0.3) is 5.91 Å². The van der Waals surface area contributed by atoms with Gasteiger partial charge in [0.05, 0.1) is 11.3 Å². The van der Waals surface area contributed by atoms with Crippen molar-refractivity contribution < 1.29 is 4.79 Å². The Morgan fingerprint density at radius 1 is 1.24 bits per heavy atom. The van der Waals surface area contributed by atoms with E-state index in [-0.39, 0.29) is 5.91 Å². The molecule has 0 radical (unpaired) electrons. The van der Waals surface area contributed by atoms with E-state index >= 15 is 0 Å². The summed E-state index contributed by atoms with van der Waals surface area (Å²) in [4.78, 5) is 16.5. The number of aryl methyl sites for hydroxylation is 2.